The summed E-state index contributed by atoms with van der Waals surface area (Å²) in [5.74, 6) is 0.653. The summed E-state index contributed by atoms with van der Waals surface area (Å²) < 4.78 is 10.9. The minimum absolute atomic E-state index is 0.00581. The first-order valence-corrected chi connectivity index (χ1v) is 14.2. The summed E-state index contributed by atoms with van der Waals surface area (Å²) in [5.41, 5.74) is 2.68. The van der Waals surface area contributed by atoms with E-state index in [0.717, 1.165) is 62.2 Å². The van der Waals surface area contributed by atoms with Gasteiger partial charge in [-0.15, -0.1) is 0 Å². The zero-order valence-corrected chi connectivity index (χ0v) is 23.4. The molecule has 0 spiro atoms. The molecule has 1 saturated heterocycles. The van der Waals surface area contributed by atoms with Gasteiger partial charge in [-0.2, -0.15) is 0 Å². The topological polar surface area (TPSA) is 84.9 Å². The molecule has 0 bridgehead atoms. The molecule has 2 aliphatic rings. The molecule has 7 nitrogen and oxygen atoms in total. The van der Waals surface area contributed by atoms with Gasteiger partial charge in [-0.05, 0) is 68.0 Å². The minimum atomic E-state index is -0.355. The van der Waals surface area contributed by atoms with Crippen LogP contribution < -0.4 is 10.1 Å². The van der Waals surface area contributed by atoms with Crippen LogP contribution in [0.3, 0.4) is 0 Å². The highest BCUT2D eigenvalue weighted by atomic mass is 16.5. The fourth-order valence-corrected chi connectivity index (χ4v) is 5.81. The number of ether oxygens (including phenoxy) is 2. The van der Waals surface area contributed by atoms with Crippen LogP contribution in [0.4, 0.5) is 0 Å². The fraction of sp³-hybridized carbons (Fsp3) is 0.531. The lowest BCUT2D eigenvalue weighted by atomic mass is 9.73. The van der Waals surface area contributed by atoms with Gasteiger partial charge >= 0.3 is 5.97 Å². The number of nitrogens with one attached hydrogen (secondary N) is 1. The van der Waals surface area contributed by atoms with Gasteiger partial charge in [0.15, 0.2) is 5.78 Å². The molecule has 2 fully saturated rings. The Morgan fingerprint density at radius 1 is 0.974 bits per heavy atom. The number of benzene rings is 2. The largest absolute Gasteiger partial charge is 0.489 e. The van der Waals surface area contributed by atoms with E-state index in [1.54, 1.807) is 12.1 Å². The molecule has 0 unspecified atom stereocenters. The van der Waals surface area contributed by atoms with E-state index in [9.17, 15) is 14.4 Å². The predicted octanol–water partition coefficient (Wildman–Crippen LogP) is 5.31. The number of ketones is 1. The van der Waals surface area contributed by atoms with Gasteiger partial charge in [0.1, 0.15) is 12.4 Å². The molecule has 2 aromatic rings. The normalized spacial score (nSPS) is 17.8. The Balaban J connectivity index is 1.21. The average molecular weight is 535 g/mol. The number of piperidine rings is 1. The highest BCUT2D eigenvalue weighted by Crippen LogP contribution is 2.38. The van der Waals surface area contributed by atoms with Crippen molar-refractivity contribution in [2.75, 3.05) is 26.7 Å². The van der Waals surface area contributed by atoms with Crippen LogP contribution in [0.15, 0.2) is 48.5 Å². The molecule has 1 N–H and O–H groups in total. The molecule has 210 valence electrons. The number of para-hydroxylation sites is 1. The number of methoxy groups -OCH3 is 1. The lowest BCUT2D eigenvalue weighted by Gasteiger charge is -2.33. The second kappa shape index (κ2) is 13.7. The van der Waals surface area contributed by atoms with Gasteiger partial charge in [-0.1, -0.05) is 56.5 Å². The molecule has 1 saturated carbocycles. The van der Waals surface area contributed by atoms with Crippen molar-refractivity contribution in [1.29, 1.82) is 0 Å². The molecule has 1 aliphatic carbocycles. The number of carbonyl (C=O) groups excluding carboxylic acids is 3. The summed E-state index contributed by atoms with van der Waals surface area (Å²) in [6, 6.07) is 15.3. The second-order valence-electron chi connectivity index (χ2n) is 11.4. The van der Waals surface area contributed by atoms with E-state index in [2.05, 4.69) is 23.2 Å². The van der Waals surface area contributed by atoms with Crippen LogP contribution in [0.2, 0.25) is 0 Å². The number of likely N-dealkylation sites (tertiary alicyclic amines) is 1. The maximum atomic E-state index is 12.8. The first-order chi connectivity index (χ1) is 18.8. The fourth-order valence-electron chi connectivity index (χ4n) is 5.81. The molecule has 39 heavy (non-hydrogen) atoms. The van der Waals surface area contributed by atoms with Crippen molar-refractivity contribution in [2.24, 2.45) is 11.3 Å². The summed E-state index contributed by atoms with van der Waals surface area (Å²) in [4.78, 5) is 39.3. The molecular weight excluding hydrogens is 492 g/mol. The Morgan fingerprint density at radius 3 is 2.36 bits per heavy atom. The molecule has 1 aliphatic heterocycles. The van der Waals surface area contributed by atoms with Crippen LogP contribution in [-0.2, 0) is 27.5 Å². The Kier molecular flexibility index (Phi) is 10.2. The maximum Gasteiger partial charge on any atom is 0.337 e. The van der Waals surface area contributed by atoms with Crippen molar-refractivity contribution in [1.82, 2.24) is 10.2 Å². The van der Waals surface area contributed by atoms with Crippen LogP contribution in [0, 0.1) is 11.3 Å². The van der Waals surface area contributed by atoms with Crippen LogP contribution in [0.1, 0.15) is 79.8 Å². The van der Waals surface area contributed by atoms with Crippen LogP contribution in [0.25, 0.3) is 0 Å². The van der Waals surface area contributed by atoms with Gasteiger partial charge in [0.2, 0.25) is 5.91 Å². The number of hydrogen-bond donors (Lipinski definition) is 1. The zero-order valence-electron chi connectivity index (χ0n) is 23.4. The predicted molar refractivity (Wildman–Crippen MR) is 150 cm³/mol. The van der Waals surface area contributed by atoms with E-state index < -0.39 is 0 Å². The third-order valence-electron chi connectivity index (χ3n) is 8.29. The molecule has 0 aromatic heterocycles. The zero-order chi connectivity index (χ0) is 27.7. The molecule has 1 amide bonds. The maximum absolute atomic E-state index is 12.8. The molecule has 1 heterocycles. The number of nitrogens with zero attached hydrogens (tertiary/aromatic N) is 1. The van der Waals surface area contributed by atoms with Gasteiger partial charge in [0.05, 0.1) is 19.2 Å². The van der Waals surface area contributed by atoms with E-state index in [1.807, 2.05) is 30.3 Å². The number of amides is 1. The van der Waals surface area contributed by atoms with E-state index in [4.69, 9.17) is 9.47 Å². The Hall–Kier alpha value is -3.19. The monoisotopic (exact) mass is 534 g/mol. The van der Waals surface area contributed by atoms with E-state index in [0.29, 0.717) is 18.6 Å². The van der Waals surface area contributed by atoms with Crippen LogP contribution in [-0.4, -0.2) is 49.3 Å². The van der Waals surface area contributed by atoms with Crippen molar-refractivity contribution < 1.29 is 23.9 Å². The molecular formula is C32H42N2O5. The van der Waals surface area contributed by atoms with Gasteiger partial charge in [0, 0.05) is 24.4 Å². The quantitative estimate of drug-likeness (QED) is 0.393. The number of esters is 1. The van der Waals surface area contributed by atoms with Gasteiger partial charge in [0.25, 0.3) is 0 Å². The summed E-state index contributed by atoms with van der Waals surface area (Å²) in [5, 5.41) is 2.91. The molecule has 0 radical (unpaired) electrons. The van der Waals surface area contributed by atoms with Gasteiger partial charge in [-0.25, -0.2) is 4.79 Å². The van der Waals surface area contributed by atoms with E-state index in [1.165, 1.54) is 26.4 Å². The lowest BCUT2D eigenvalue weighted by molar-refractivity contribution is -0.129. The summed E-state index contributed by atoms with van der Waals surface area (Å²) in [6.45, 7) is 5.19. The van der Waals surface area contributed by atoms with E-state index in [-0.39, 0.29) is 35.5 Å². The Bertz CT molecular complexity index is 1120. The van der Waals surface area contributed by atoms with Crippen LogP contribution >= 0.6 is 0 Å². The molecule has 0 atom stereocenters. The number of rotatable bonds is 11. The number of Topliss-reactive ketones (excluding diaryl/α,β-unsaturated/α-hetero) is 1. The van der Waals surface area contributed by atoms with Gasteiger partial charge < -0.3 is 14.8 Å². The van der Waals surface area contributed by atoms with E-state index >= 15 is 0 Å². The van der Waals surface area contributed by atoms with Crippen molar-refractivity contribution >= 4 is 17.7 Å². The Morgan fingerprint density at radius 2 is 1.67 bits per heavy atom. The third kappa shape index (κ3) is 8.40. The summed E-state index contributed by atoms with van der Waals surface area (Å²) in [6.07, 6.45) is 8.01. The van der Waals surface area contributed by atoms with Crippen molar-refractivity contribution in [3.8, 4) is 5.75 Å². The molecule has 2 aromatic carbocycles. The Labute approximate surface area is 232 Å². The molecule has 7 heteroatoms. The highest BCUT2D eigenvalue weighted by molar-refractivity contribution is 5.89. The lowest BCUT2D eigenvalue weighted by Crippen LogP contribution is -2.40. The smallest absolute Gasteiger partial charge is 0.337 e. The number of carbonyl (C=O) groups is 3. The summed E-state index contributed by atoms with van der Waals surface area (Å²) >= 11 is 0. The third-order valence-corrected chi connectivity index (χ3v) is 8.29. The van der Waals surface area contributed by atoms with Crippen molar-refractivity contribution in [2.45, 2.75) is 71.4 Å². The second-order valence-corrected chi connectivity index (χ2v) is 11.4. The minimum Gasteiger partial charge on any atom is -0.489 e. The van der Waals surface area contributed by atoms with Crippen molar-refractivity contribution in [3.05, 3.63) is 65.2 Å². The molecule has 4 rings (SSSR count). The highest BCUT2D eigenvalue weighted by Gasteiger charge is 2.30. The first kappa shape index (κ1) is 28.8. The number of hydrogen-bond acceptors (Lipinski definition) is 6. The average Bonchev–Trinajstić information content (AvgIpc) is 2.96. The van der Waals surface area contributed by atoms with Crippen LogP contribution in [0.5, 0.6) is 5.75 Å². The standard InChI is InChI=1S/C32H42N2O5/c1-32(16-6-3-7-17-32)20-30(36)33-21-28(35)25-14-18-34(19-15-25)22-27-8-4-5-9-29(27)39-23-24-10-12-26(13-11-24)31(37)38-2/h4-5,8-13,25H,3,6-7,14-23H2,1-2H3,(H,33,36). The first-order valence-electron chi connectivity index (χ1n) is 14.2. The van der Waals surface area contributed by atoms with Gasteiger partial charge in [-0.3, -0.25) is 14.5 Å². The van der Waals surface area contributed by atoms with Crippen molar-refractivity contribution in [3.63, 3.8) is 0 Å². The summed E-state index contributed by atoms with van der Waals surface area (Å²) in [7, 11) is 1.37. The SMILES string of the molecule is COC(=O)c1ccc(COc2ccccc2CN2CCC(C(=O)CNC(=O)CC3(C)CCCCC3)CC2)cc1.